The zero-order valence-corrected chi connectivity index (χ0v) is 40.6. The van der Waals surface area contributed by atoms with Gasteiger partial charge >= 0.3 is 17.9 Å². The number of ether oxygens (including phenoxy) is 3. The zero-order valence-electron chi connectivity index (χ0n) is 40.6. The molecule has 0 radical (unpaired) electrons. The molecule has 6 heteroatoms. The Kier molecular flexibility index (Phi) is 47.9. The molecule has 0 aromatic heterocycles. The summed E-state index contributed by atoms with van der Waals surface area (Å²) in [4.78, 5) is 37.9. The van der Waals surface area contributed by atoms with Crippen LogP contribution in [-0.4, -0.2) is 37.2 Å². The summed E-state index contributed by atoms with van der Waals surface area (Å²) in [6.45, 7) is 6.43. The Bertz CT molecular complexity index is 1180. The molecule has 0 aliphatic rings. The van der Waals surface area contributed by atoms with Crippen LogP contribution in [0.15, 0.2) is 72.9 Å². The van der Waals surface area contributed by atoms with Crippen LogP contribution in [0.3, 0.4) is 0 Å². The first kappa shape index (κ1) is 58.9. The number of unbranched alkanes of at least 4 members (excludes halogenated alkanes) is 23. The van der Waals surface area contributed by atoms with Gasteiger partial charge in [0, 0.05) is 19.3 Å². The van der Waals surface area contributed by atoms with Gasteiger partial charge in [-0.05, 0) is 103 Å². The van der Waals surface area contributed by atoms with Crippen LogP contribution in [0.1, 0.15) is 245 Å². The maximum atomic E-state index is 12.8. The van der Waals surface area contributed by atoms with Crippen molar-refractivity contribution in [2.45, 2.75) is 252 Å². The normalized spacial score (nSPS) is 12.6. The first-order valence-electron chi connectivity index (χ1n) is 25.9. The summed E-state index contributed by atoms with van der Waals surface area (Å²) in [7, 11) is 0. The third-order valence-corrected chi connectivity index (χ3v) is 10.9. The summed E-state index contributed by atoms with van der Waals surface area (Å²) in [5.41, 5.74) is 0. The third kappa shape index (κ3) is 47.9. The molecule has 0 bridgehead atoms. The van der Waals surface area contributed by atoms with Gasteiger partial charge in [0.1, 0.15) is 13.2 Å². The van der Waals surface area contributed by atoms with Crippen molar-refractivity contribution in [3.63, 3.8) is 0 Å². The van der Waals surface area contributed by atoms with E-state index in [2.05, 4.69) is 93.7 Å². The van der Waals surface area contributed by atoms with Crippen LogP contribution >= 0.6 is 0 Å². The molecule has 1 atom stereocenters. The number of hydrogen-bond acceptors (Lipinski definition) is 6. The van der Waals surface area contributed by atoms with Crippen molar-refractivity contribution in [1.29, 1.82) is 0 Å². The van der Waals surface area contributed by atoms with Gasteiger partial charge in [0.15, 0.2) is 6.10 Å². The van der Waals surface area contributed by atoms with Crippen molar-refractivity contribution in [2.75, 3.05) is 13.2 Å². The third-order valence-electron chi connectivity index (χ3n) is 10.9. The van der Waals surface area contributed by atoms with Crippen LogP contribution in [0, 0.1) is 0 Å². The fraction of sp³-hybridized carbons (Fsp3) is 0.732. The van der Waals surface area contributed by atoms with Crippen LogP contribution < -0.4 is 0 Å². The van der Waals surface area contributed by atoms with Gasteiger partial charge in [-0.1, -0.05) is 196 Å². The van der Waals surface area contributed by atoms with Crippen molar-refractivity contribution in [3.8, 4) is 0 Å². The molecule has 0 saturated carbocycles. The van der Waals surface area contributed by atoms with E-state index < -0.39 is 6.10 Å². The average molecular weight is 865 g/mol. The van der Waals surface area contributed by atoms with E-state index in [0.717, 1.165) is 116 Å². The molecular weight excluding hydrogens is 769 g/mol. The summed E-state index contributed by atoms with van der Waals surface area (Å²) in [5, 5.41) is 0. The lowest BCUT2D eigenvalue weighted by atomic mass is 10.1. The highest BCUT2D eigenvalue weighted by Crippen LogP contribution is 2.14. The molecule has 0 aliphatic carbocycles. The van der Waals surface area contributed by atoms with Gasteiger partial charge in [0.25, 0.3) is 0 Å². The summed E-state index contributed by atoms with van der Waals surface area (Å²) in [5.74, 6) is -0.927. The summed E-state index contributed by atoms with van der Waals surface area (Å²) in [6, 6.07) is 0. The molecule has 0 aromatic rings. The Morgan fingerprint density at radius 3 is 1.06 bits per heavy atom. The second-order valence-corrected chi connectivity index (χ2v) is 17.0. The predicted octanol–water partition coefficient (Wildman–Crippen LogP) is 17.0. The van der Waals surface area contributed by atoms with Crippen LogP contribution in [0.2, 0.25) is 0 Å². The molecule has 0 aliphatic heterocycles. The Morgan fingerprint density at radius 2 is 0.661 bits per heavy atom. The summed E-state index contributed by atoms with van der Waals surface area (Å²) in [6.07, 6.45) is 63.2. The van der Waals surface area contributed by atoms with Crippen molar-refractivity contribution in [1.82, 2.24) is 0 Å². The Labute approximate surface area is 382 Å². The lowest BCUT2D eigenvalue weighted by Gasteiger charge is -2.18. The lowest BCUT2D eigenvalue weighted by molar-refractivity contribution is -0.167. The summed E-state index contributed by atoms with van der Waals surface area (Å²) >= 11 is 0. The minimum Gasteiger partial charge on any atom is -0.462 e. The maximum absolute atomic E-state index is 12.8. The van der Waals surface area contributed by atoms with E-state index in [1.54, 1.807) is 0 Å². The smallest absolute Gasteiger partial charge is 0.306 e. The molecule has 0 N–H and O–H groups in total. The fourth-order valence-corrected chi connectivity index (χ4v) is 7.02. The molecule has 0 heterocycles. The highest BCUT2D eigenvalue weighted by Gasteiger charge is 2.19. The molecular formula is C56H96O6. The first-order valence-corrected chi connectivity index (χ1v) is 25.9. The molecule has 0 spiro atoms. The molecule has 62 heavy (non-hydrogen) atoms. The topological polar surface area (TPSA) is 78.9 Å². The van der Waals surface area contributed by atoms with E-state index in [1.165, 1.54) is 89.9 Å². The van der Waals surface area contributed by atoms with Crippen molar-refractivity contribution in [3.05, 3.63) is 72.9 Å². The van der Waals surface area contributed by atoms with E-state index in [1.807, 2.05) is 0 Å². The minimum atomic E-state index is -0.790. The quantitative estimate of drug-likeness (QED) is 0.0262. The number of rotatable bonds is 46. The predicted molar refractivity (Wildman–Crippen MR) is 265 cm³/mol. The van der Waals surface area contributed by atoms with Gasteiger partial charge < -0.3 is 14.2 Å². The Hall–Kier alpha value is -3.15. The number of hydrogen-bond donors (Lipinski definition) is 0. The zero-order chi connectivity index (χ0) is 45.1. The molecule has 0 fully saturated rings. The minimum absolute atomic E-state index is 0.0898. The SMILES string of the molecule is CC/C=C\C/C=C\C/C=C\C/C=C\CCCCCCC(=O)OCC(COC(=O)CCCCCCC/C=C\CCC)OC(=O)CCCCCCCCC/C=C\CCCCCCCC. The highest BCUT2D eigenvalue weighted by atomic mass is 16.6. The van der Waals surface area contributed by atoms with Gasteiger partial charge in [-0.3, -0.25) is 14.4 Å². The highest BCUT2D eigenvalue weighted by molar-refractivity contribution is 5.71. The maximum Gasteiger partial charge on any atom is 0.306 e. The van der Waals surface area contributed by atoms with Crippen molar-refractivity contribution < 1.29 is 28.6 Å². The van der Waals surface area contributed by atoms with Gasteiger partial charge in [0.05, 0.1) is 0 Å². The molecule has 0 amide bonds. The Morgan fingerprint density at radius 1 is 0.339 bits per heavy atom. The molecule has 0 saturated heterocycles. The molecule has 6 nitrogen and oxygen atoms in total. The second kappa shape index (κ2) is 50.5. The molecule has 1 unspecified atom stereocenters. The lowest BCUT2D eigenvalue weighted by Crippen LogP contribution is -2.30. The van der Waals surface area contributed by atoms with Gasteiger partial charge in [-0.15, -0.1) is 0 Å². The van der Waals surface area contributed by atoms with E-state index >= 15 is 0 Å². The van der Waals surface area contributed by atoms with Gasteiger partial charge in [-0.2, -0.15) is 0 Å². The van der Waals surface area contributed by atoms with E-state index in [4.69, 9.17) is 14.2 Å². The van der Waals surface area contributed by atoms with E-state index in [9.17, 15) is 14.4 Å². The molecule has 356 valence electrons. The van der Waals surface area contributed by atoms with E-state index in [0.29, 0.717) is 19.3 Å². The number of carbonyl (C=O) groups is 3. The average Bonchev–Trinajstić information content (AvgIpc) is 3.27. The Balaban J connectivity index is 4.40. The van der Waals surface area contributed by atoms with Crippen molar-refractivity contribution in [2.24, 2.45) is 0 Å². The number of allylic oxidation sites excluding steroid dienone is 12. The van der Waals surface area contributed by atoms with Crippen LogP contribution in [0.4, 0.5) is 0 Å². The largest absolute Gasteiger partial charge is 0.462 e. The first-order chi connectivity index (χ1) is 30.5. The van der Waals surface area contributed by atoms with Crippen LogP contribution in [0.25, 0.3) is 0 Å². The monoisotopic (exact) mass is 865 g/mol. The number of carbonyl (C=O) groups excluding carboxylic acids is 3. The summed E-state index contributed by atoms with van der Waals surface area (Å²) < 4.78 is 16.8. The van der Waals surface area contributed by atoms with Gasteiger partial charge in [-0.25, -0.2) is 0 Å². The molecule has 0 rings (SSSR count). The van der Waals surface area contributed by atoms with Gasteiger partial charge in [0.2, 0.25) is 0 Å². The van der Waals surface area contributed by atoms with Crippen LogP contribution in [0.5, 0.6) is 0 Å². The number of esters is 3. The fourth-order valence-electron chi connectivity index (χ4n) is 7.02. The van der Waals surface area contributed by atoms with Crippen molar-refractivity contribution >= 4 is 17.9 Å². The standard InChI is InChI=1S/C56H96O6/c1-4-7-10-13-16-19-22-24-26-28-30-32-34-37-40-43-46-49-55(58)61-52-53(51-60-54(57)48-45-42-39-36-21-18-15-12-9-6-3)62-56(59)50-47-44-41-38-35-33-31-29-27-25-23-20-17-14-11-8-5-2/h7,10,12,15-16,19,24-27,30,32,53H,4-6,8-9,11,13-14,17-18,20-23,28-29,31,33-52H2,1-3H3/b10-7-,15-12-,19-16-,26-24-,27-25-,32-30-. The van der Waals surface area contributed by atoms with E-state index in [-0.39, 0.29) is 31.1 Å². The second-order valence-electron chi connectivity index (χ2n) is 17.0. The molecule has 0 aromatic carbocycles. The van der Waals surface area contributed by atoms with Crippen LogP contribution in [-0.2, 0) is 28.6 Å².